The molecule has 4 aromatic rings. The first-order valence-electron chi connectivity index (χ1n) is 7.82. The first kappa shape index (κ1) is 13.7. The highest BCUT2D eigenvalue weighted by Gasteiger charge is 2.11. The van der Waals surface area contributed by atoms with Crippen LogP contribution in [0.2, 0.25) is 0 Å². The first-order valence-corrected chi connectivity index (χ1v) is 7.82. The molecule has 0 atom stereocenters. The minimum Gasteiger partial charge on any atom is -0.282 e. The molecule has 0 amide bonds. The van der Waals surface area contributed by atoms with Gasteiger partial charge in [-0.15, -0.1) is 0 Å². The number of aromatic nitrogens is 3. The second-order valence-electron chi connectivity index (χ2n) is 5.56. The van der Waals surface area contributed by atoms with E-state index in [0.29, 0.717) is 0 Å². The Morgan fingerprint density at radius 3 is 2.30 bits per heavy atom. The number of para-hydroxylation sites is 1. The highest BCUT2D eigenvalue weighted by molar-refractivity contribution is 5.82. The van der Waals surface area contributed by atoms with Gasteiger partial charge in [-0.25, -0.2) is 9.97 Å². The summed E-state index contributed by atoms with van der Waals surface area (Å²) in [6, 6.07) is 23.1. The second-order valence-corrected chi connectivity index (χ2v) is 5.56. The fourth-order valence-electron chi connectivity index (χ4n) is 2.96. The maximum Gasteiger partial charge on any atom is 0.234 e. The smallest absolute Gasteiger partial charge is 0.234 e. The maximum absolute atomic E-state index is 4.44. The molecule has 3 nitrogen and oxygen atoms in total. The van der Waals surface area contributed by atoms with Gasteiger partial charge in [0, 0.05) is 23.5 Å². The monoisotopic (exact) mass is 299 g/mol. The zero-order chi connectivity index (χ0) is 15.5. The van der Waals surface area contributed by atoms with Crippen LogP contribution in [0.4, 0.5) is 0 Å². The fourth-order valence-corrected chi connectivity index (χ4v) is 2.96. The molecule has 2 aromatic heterocycles. The van der Waals surface area contributed by atoms with Gasteiger partial charge in [0.25, 0.3) is 0 Å². The van der Waals surface area contributed by atoms with Crippen LogP contribution in [-0.4, -0.2) is 14.5 Å². The molecule has 0 saturated heterocycles. The SMILES string of the molecule is c1ccc(CCc2cc3ccccc3n2-c2ncccn2)cc1. The summed E-state index contributed by atoms with van der Waals surface area (Å²) in [6.07, 6.45) is 5.54. The van der Waals surface area contributed by atoms with E-state index >= 15 is 0 Å². The van der Waals surface area contributed by atoms with Crippen LogP contribution in [0.15, 0.2) is 79.1 Å². The van der Waals surface area contributed by atoms with E-state index in [0.717, 1.165) is 24.3 Å². The molecule has 112 valence electrons. The van der Waals surface area contributed by atoms with Gasteiger partial charge >= 0.3 is 0 Å². The Balaban J connectivity index is 1.76. The van der Waals surface area contributed by atoms with Gasteiger partial charge in [-0.2, -0.15) is 0 Å². The minimum absolute atomic E-state index is 0.733. The van der Waals surface area contributed by atoms with Crippen molar-refractivity contribution < 1.29 is 0 Å². The normalized spacial score (nSPS) is 11.0. The largest absolute Gasteiger partial charge is 0.282 e. The lowest BCUT2D eigenvalue weighted by molar-refractivity contribution is 0.841. The average molecular weight is 299 g/mol. The summed E-state index contributed by atoms with van der Waals surface area (Å²) < 4.78 is 2.16. The summed E-state index contributed by atoms with van der Waals surface area (Å²) in [5.74, 6) is 0.733. The van der Waals surface area contributed by atoms with Crippen molar-refractivity contribution >= 4 is 10.9 Å². The molecule has 4 rings (SSSR count). The van der Waals surface area contributed by atoms with Crippen molar-refractivity contribution in [2.75, 3.05) is 0 Å². The Morgan fingerprint density at radius 1 is 0.739 bits per heavy atom. The average Bonchev–Trinajstić information content (AvgIpc) is 3.00. The highest BCUT2D eigenvalue weighted by Crippen LogP contribution is 2.23. The van der Waals surface area contributed by atoms with Crippen LogP contribution >= 0.6 is 0 Å². The molecule has 0 unspecified atom stereocenters. The number of hydrogen-bond donors (Lipinski definition) is 0. The number of hydrogen-bond acceptors (Lipinski definition) is 2. The molecule has 23 heavy (non-hydrogen) atoms. The molecule has 0 spiro atoms. The molecule has 0 bridgehead atoms. The van der Waals surface area contributed by atoms with Crippen LogP contribution in [0.5, 0.6) is 0 Å². The molecule has 2 heterocycles. The van der Waals surface area contributed by atoms with Gasteiger partial charge in [0.15, 0.2) is 0 Å². The van der Waals surface area contributed by atoms with Crippen LogP contribution in [0.25, 0.3) is 16.9 Å². The Hall–Kier alpha value is -2.94. The van der Waals surface area contributed by atoms with Crippen molar-refractivity contribution in [1.29, 1.82) is 0 Å². The van der Waals surface area contributed by atoms with Gasteiger partial charge in [-0.1, -0.05) is 48.5 Å². The summed E-state index contributed by atoms with van der Waals surface area (Å²) in [6.45, 7) is 0. The van der Waals surface area contributed by atoms with Gasteiger partial charge < -0.3 is 0 Å². The molecule has 3 heteroatoms. The van der Waals surface area contributed by atoms with Crippen molar-refractivity contribution in [1.82, 2.24) is 14.5 Å². The van der Waals surface area contributed by atoms with Gasteiger partial charge in [0.2, 0.25) is 5.95 Å². The summed E-state index contributed by atoms with van der Waals surface area (Å²) in [5.41, 5.74) is 3.74. The Bertz CT molecular complexity index is 911. The summed E-state index contributed by atoms with van der Waals surface area (Å²) in [7, 11) is 0. The molecule has 0 fully saturated rings. The van der Waals surface area contributed by atoms with Crippen molar-refractivity contribution in [3.05, 3.63) is 90.4 Å². The molecule has 2 aromatic carbocycles. The Labute approximate surface area is 135 Å². The minimum atomic E-state index is 0.733. The lowest BCUT2D eigenvalue weighted by Crippen LogP contribution is -2.05. The highest BCUT2D eigenvalue weighted by atomic mass is 15.1. The maximum atomic E-state index is 4.44. The molecule has 0 N–H and O–H groups in total. The summed E-state index contributed by atoms with van der Waals surface area (Å²) >= 11 is 0. The Morgan fingerprint density at radius 2 is 1.48 bits per heavy atom. The topological polar surface area (TPSA) is 30.7 Å². The van der Waals surface area contributed by atoms with Gasteiger partial charge in [0.05, 0.1) is 5.52 Å². The molecule has 0 radical (unpaired) electrons. The quantitative estimate of drug-likeness (QED) is 0.565. The van der Waals surface area contributed by atoms with Crippen molar-refractivity contribution in [3.63, 3.8) is 0 Å². The lowest BCUT2D eigenvalue weighted by Gasteiger charge is -2.09. The standard InChI is InChI=1S/C20H17N3/c1-2-7-16(8-3-1)11-12-18-15-17-9-4-5-10-19(17)23(18)20-21-13-6-14-22-20/h1-10,13-15H,11-12H2. The molecular weight excluding hydrogens is 282 g/mol. The van der Waals surface area contributed by atoms with E-state index in [2.05, 4.69) is 75.2 Å². The lowest BCUT2D eigenvalue weighted by atomic mass is 10.1. The van der Waals surface area contributed by atoms with Crippen molar-refractivity contribution in [3.8, 4) is 5.95 Å². The summed E-state index contributed by atoms with van der Waals surface area (Å²) in [4.78, 5) is 8.88. The molecule has 0 saturated carbocycles. The predicted molar refractivity (Wildman–Crippen MR) is 92.7 cm³/mol. The van der Waals surface area contributed by atoms with Gasteiger partial charge in [0.1, 0.15) is 0 Å². The van der Waals surface area contributed by atoms with E-state index in [1.54, 1.807) is 12.4 Å². The molecule has 0 aliphatic heterocycles. The molecule has 0 aliphatic carbocycles. The van der Waals surface area contributed by atoms with Crippen molar-refractivity contribution in [2.45, 2.75) is 12.8 Å². The zero-order valence-electron chi connectivity index (χ0n) is 12.8. The van der Waals surface area contributed by atoms with Crippen LogP contribution in [0.3, 0.4) is 0 Å². The number of nitrogens with zero attached hydrogens (tertiary/aromatic N) is 3. The van der Waals surface area contributed by atoms with Crippen LogP contribution in [0, 0.1) is 0 Å². The zero-order valence-corrected chi connectivity index (χ0v) is 12.8. The number of benzene rings is 2. The Kier molecular flexibility index (Phi) is 3.60. The number of rotatable bonds is 4. The first-order chi connectivity index (χ1) is 11.4. The van der Waals surface area contributed by atoms with Crippen LogP contribution in [0.1, 0.15) is 11.3 Å². The number of aryl methyl sites for hydroxylation is 2. The third kappa shape index (κ3) is 2.73. The predicted octanol–water partition coefficient (Wildman–Crippen LogP) is 4.21. The van der Waals surface area contributed by atoms with E-state index in [4.69, 9.17) is 0 Å². The van der Waals surface area contributed by atoms with Gasteiger partial charge in [-0.3, -0.25) is 4.57 Å². The number of fused-ring (bicyclic) bond motifs is 1. The van der Waals surface area contributed by atoms with Gasteiger partial charge in [-0.05, 0) is 36.6 Å². The fraction of sp³-hybridized carbons (Fsp3) is 0.100. The van der Waals surface area contributed by atoms with Crippen LogP contribution < -0.4 is 0 Å². The third-order valence-electron chi connectivity index (χ3n) is 4.05. The van der Waals surface area contributed by atoms with Crippen LogP contribution in [-0.2, 0) is 12.8 Å². The van der Waals surface area contributed by atoms with E-state index < -0.39 is 0 Å². The van der Waals surface area contributed by atoms with E-state index in [-0.39, 0.29) is 0 Å². The second kappa shape index (κ2) is 6.05. The third-order valence-corrected chi connectivity index (χ3v) is 4.05. The summed E-state index contributed by atoms with van der Waals surface area (Å²) in [5, 5.41) is 1.23. The van der Waals surface area contributed by atoms with E-state index in [1.807, 2.05) is 6.07 Å². The molecule has 0 aliphatic rings. The van der Waals surface area contributed by atoms with Crippen molar-refractivity contribution in [2.24, 2.45) is 0 Å². The molecular formula is C20H17N3. The van der Waals surface area contributed by atoms with E-state index in [9.17, 15) is 0 Å². The van der Waals surface area contributed by atoms with E-state index in [1.165, 1.54) is 16.6 Å².